The molecule has 3 unspecified atom stereocenters. The van der Waals surface area contributed by atoms with Gasteiger partial charge in [-0.25, -0.2) is 0 Å². The Kier molecular flexibility index (Phi) is 4.62. The molecule has 0 aromatic rings. The first-order valence-corrected chi connectivity index (χ1v) is 7.24. The third-order valence-corrected chi connectivity index (χ3v) is 3.88. The largest absolute Gasteiger partial charge is 0.375 e. The number of nitrogens with zero attached hydrogens (tertiary/aromatic N) is 1. The SMILES string of the molecule is CC(CN1CCCC1=O)NC1CC(C)OC(C)C1. The molecule has 2 aliphatic heterocycles. The van der Waals surface area contributed by atoms with E-state index in [1.807, 2.05) is 4.90 Å². The van der Waals surface area contributed by atoms with E-state index in [1.165, 1.54) is 0 Å². The van der Waals surface area contributed by atoms with E-state index in [0.29, 0.717) is 30.2 Å². The van der Waals surface area contributed by atoms with E-state index in [1.54, 1.807) is 0 Å². The fourth-order valence-corrected chi connectivity index (χ4v) is 3.22. The van der Waals surface area contributed by atoms with Crippen LogP contribution in [-0.2, 0) is 9.53 Å². The maximum atomic E-state index is 11.6. The van der Waals surface area contributed by atoms with Crippen LogP contribution >= 0.6 is 0 Å². The van der Waals surface area contributed by atoms with Crippen LogP contribution in [-0.4, -0.2) is 48.2 Å². The number of rotatable bonds is 4. The van der Waals surface area contributed by atoms with Gasteiger partial charge in [-0.2, -0.15) is 0 Å². The van der Waals surface area contributed by atoms with Crippen molar-refractivity contribution >= 4 is 5.91 Å². The minimum absolute atomic E-state index is 0.317. The lowest BCUT2D eigenvalue weighted by atomic mass is 9.99. The van der Waals surface area contributed by atoms with Gasteiger partial charge in [-0.15, -0.1) is 0 Å². The van der Waals surface area contributed by atoms with Crippen LogP contribution in [0.4, 0.5) is 0 Å². The molecule has 0 saturated carbocycles. The van der Waals surface area contributed by atoms with Crippen molar-refractivity contribution in [3.63, 3.8) is 0 Å². The smallest absolute Gasteiger partial charge is 0.222 e. The van der Waals surface area contributed by atoms with Crippen molar-refractivity contribution in [2.24, 2.45) is 0 Å². The van der Waals surface area contributed by atoms with Crippen molar-refractivity contribution in [1.29, 1.82) is 0 Å². The van der Waals surface area contributed by atoms with Gasteiger partial charge in [-0.05, 0) is 40.0 Å². The molecule has 0 radical (unpaired) electrons. The van der Waals surface area contributed by atoms with E-state index in [9.17, 15) is 4.79 Å². The lowest BCUT2D eigenvalue weighted by Crippen LogP contribution is -2.48. The second kappa shape index (κ2) is 6.02. The first-order valence-electron chi connectivity index (χ1n) is 7.24. The second-order valence-electron chi connectivity index (χ2n) is 5.94. The number of nitrogens with one attached hydrogen (secondary N) is 1. The molecule has 1 amide bonds. The summed E-state index contributed by atoms with van der Waals surface area (Å²) in [6.07, 6.45) is 4.58. The topological polar surface area (TPSA) is 41.6 Å². The number of ether oxygens (including phenoxy) is 1. The summed E-state index contributed by atoms with van der Waals surface area (Å²) in [6.45, 7) is 8.23. The van der Waals surface area contributed by atoms with Crippen LogP contribution in [0.2, 0.25) is 0 Å². The van der Waals surface area contributed by atoms with Crippen molar-refractivity contribution in [2.45, 2.75) is 70.7 Å². The quantitative estimate of drug-likeness (QED) is 0.827. The molecule has 1 N–H and O–H groups in total. The maximum Gasteiger partial charge on any atom is 0.222 e. The molecule has 3 atom stereocenters. The van der Waals surface area contributed by atoms with Gasteiger partial charge >= 0.3 is 0 Å². The Morgan fingerprint density at radius 2 is 2.06 bits per heavy atom. The van der Waals surface area contributed by atoms with Gasteiger partial charge in [0.15, 0.2) is 0 Å². The molecular formula is C14H26N2O2. The Bertz CT molecular complexity index is 286. The van der Waals surface area contributed by atoms with Gasteiger partial charge in [0, 0.05) is 31.6 Å². The minimum Gasteiger partial charge on any atom is -0.375 e. The van der Waals surface area contributed by atoms with E-state index >= 15 is 0 Å². The number of amides is 1. The van der Waals surface area contributed by atoms with Crippen LogP contribution < -0.4 is 5.32 Å². The van der Waals surface area contributed by atoms with Gasteiger partial charge < -0.3 is 15.0 Å². The first-order chi connectivity index (χ1) is 8.54. The molecule has 18 heavy (non-hydrogen) atoms. The second-order valence-corrected chi connectivity index (χ2v) is 5.94. The minimum atomic E-state index is 0.317. The molecule has 0 bridgehead atoms. The summed E-state index contributed by atoms with van der Waals surface area (Å²) in [7, 11) is 0. The highest BCUT2D eigenvalue weighted by Gasteiger charge is 2.27. The summed E-state index contributed by atoms with van der Waals surface area (Å²) in [5.74, 6) is 0.317. The molecule has 2 heterocycles. The van der Waals surface area contributed by atoms with E-state index in [2.05, 4.69) is 26.1 Å². The fourth-order valence-electron chi connectivity index (χ4n) is 3.22. The van der Waals surface area contributed by atoms with E-state index < -0.39 is 0 Å². The highest BCUT2D eigenvalue weighted by molar-refractivity contribution is 5.78. The number of carbonyl (C=O) groups is 1. The average Bonchev–Trinajstić information content (AvgIpc) is 2.62. The average molecular weight is 254 g/mol. The standard InChI is InChI=1S/C14H26N2O2/c1-10(9-16-6-4-5-14(16)17)15-13-7-11(2)18-12(3)8-13/h10-13,15H,4-9H2,1-3H3. The van der Waals surface area contributed by atoms with Crippen molar-refractivity contribution in [1.82, 2.24) is 10.2 Å². The van der Waals surface area contributed by atoms with Crippen LogP contribution in [0.3, 0.4) is 0 Å². The molecule has 4 heteroatoms. The Balaban J connectivity index is 1.76. The molecule has 2 aliphatic rings. The lowest BCUT2D eigenvalue weighted by molar-refractivity contribution is -0.128. The summed E-state index contributed by atoms with van der Waals surface area (Å²) in [6, 6.07) is 0.894. The van der Waals surface area contributed by atoms with Crippen LogP contribution in [0.25, 0.3) is 0 Å². The first kappa shape index (κ1) is 13.8. The Morgan fingerprint density at radius 3 is 2.61 bits per heavy atom. The monoisotopic (exact) mass is 254 g/mol. The predicted octanol–water partition coefficient (Wildman–Crippen LogP) is 1.54. The summed E-state index contributed by atoms with van der Waals surface area (Å²) >= 11 is 0. The third kappa shape index (κ3) is 3.69. The van der Waals surface area contributed by atoms with Crippen LogP contribution in [0.15, 0.2) is 0 Å². The van der Waals surface area contributed by atoms with Crippen LogP contribution in [0.1, 0.15) is 46.5 Å². The van der Waals surface area contributed by atoms with Crippen molar-refractivity contribution < 1.29 is 9.53 Å². The van der Waals surface area contributed by atoms with Crippen molar-refractivity contribution in [3.8, 4) is 0 Å². The Labute approximate surface area is 110 Å². The van der Waals surface area contributed by atoms with Gasteiger partial charge in [0.1, 0.15) is 0 Å². The highest BCUT2D eigenvalue weighted by Crippen LogP contribution is 2.19. The molecular weight excluding hydrogens is 228 g/mol. The van der Waals surface area contributed by atoms with Crippen LogP contribution in [0, 0.1) is 0 Å². The van der Waals surface area contributed by atoms with Crippen molar-refractivity contribution in [3.05, 3.63) is 0 Å². The zero-order chi connectivity index (χ0) is 13.1. The molecule has 4 nitrogen and oxygen atoms in total. The molecule has 0 aromatic carbocycles. The maximum absolute atomic E-state index is 11.6. The lowest BCUT2D eigenvalue weighted by Gasteiger charge is -2.35. The molecule has 2 fully saturated rings. The van der Waals surface area contributed by atoms with E-state index in [-0.39, 0.29) is 0 Å². The molecule has 0 aliphatic carbocycles. The zero-order valence-electron chi connectivity index (χ0n) is 11.8. The molecule has 2 rings (SSSR count). The number of hydrogen-bond donors (Lipinski definition) is 1. The highest BCUT2D eigenvalue weighted by atomic mass is 16.5. The van der Waals surface area contributed by atoms with Gasteiger partial charge in [-0.1, -0.05) is 0 Å². The molecule has 0 aromatic heterocycles. The fraction of sp³-hybridized carbons (Fsp3) is 0.929. The van der Waals surface area contributed by atoms with Gasteiger partial charge in [0.25, 0.3) is 0 Å². The Morgan fingerprint density at radius 1 is 1.39 bits per heavy atom. The van der Waals surface area contributed by atoms with Gasteiger partial charge in [0.2, 0.25) is 5.91 Å². The summed E-state index contributed by atoms with van der Waals surface area (Å²) < 4.78 is 5.74. The summed E-state index contributed by atoms with van der Waals surface area (Å²) in [5, 5.41) is 3.65. The van der Waals surface area contributed by atoms with E-state index in [4.69, 9.17) is 4.74 Å². The Hall–Kier alpha value is -0.610. The van der Waals surface area contributed by atoms with Crippen LogP contribution in [0.5, 0.6) is 0 Å². The predicted molar refractivity (Wildman–Crippen MR) is 71.4 cm³/mol. The molecule has 104 valence electrons. The summed E-state index contributed by atoms with van der Waals surface area (Å²) in [4.78, 5) is 13.6. The molecule has 2 saturated heterocycles. The number of likely N-dealkylation sites (tertiary alicyclic amines) is 1. The van der Waals surface area contributed by atoms with Gasteiger partial charge in [0.05, 0.1) is 12.2 Å². The number of hydrogen-bond acceptors (Lipinski definition) is 3. The van der Waals surface area contributed by atoms with Gasteiger partial charge in [-0.3, -0.25) is 4.79 Å². The summed E-state index contributed by atoms with van der Waals surface area (Å²) in [5.41, 5.74) is 0. The van der Waals surface area contributed by atoms with Crippen molar-refractivity contribution in [2.75, 3.05) is 13.1 Å². The van der Waals surface area contributed by atoms with E-state index in [0.717, 1.165) is 38.8 Å². The number of carbonyl (C=O) groups excluding carboxylic acids is 1. The molecule has 0 spiro atoms. The zero-order valence-corrected chi connectivity index (χ0v) is 11.8. The third-order valence-electron chi connectivity index (χ3n) is 3.88. The normalized spacial score (nSPS) is 34.9.